The molecule has 1 saturated heterocycles. The number of methoxy groups -OCH3 is 2. The molecule has 1 fully saturated rings. The SMILES string of the molecule is COC(=O)c1ccc(N=C2S/C(=C/c3ccc(OC)c([N+](=O)[O-])c3)C(=O)N2C)cc1. The van der Waals surface area contributed by atoms with Crippen molar-refractivity contribution in [2.24, 2.45) is 4.99 Å². The van der Waals surface area contributed by atoms with Crippen LogP contribution in [0.25, 0.3) is 6.08 Å². The van der Waals surface area contributed by atoms with Crippen molar-refractivity contribution in [2.75, 3.05) is 21.3 Å². The number of benzene rings is 2. The van der Waals surface area contributed by atoms with Gasteiger partial charge in [0.2, 0.25) is 0 Å². The fraction of sp³-hybridized carbons (Fsp3) is 0.150. The summed E-state index contributed by atoms with van der Waals surface area (Å²) in [5.74, 6) is -0.582. The van der Waals surface area contributed by atoms with Gasteiger partial charge in [-0.15, -0.1) is 0 Å². The van der Waals surface area contributed by atoms with Crippen molar-refractivity contribution in [1.82, 2.24) is 4.90 Å². The van der Waals surface area contributed by atoms with E-state index in [1.54, 1.807) is 43.5 Å². The van der Waals surface area contributed by atoms with E-state index in [4.69, 9.17) is 4.74 Å². The zero-order chi connectivity index (χ0) is 21.8. The van der Waals surface area contributed by atoms with E-state index in [2.05, 4.69) is 9.73 Å². The van der Waals surface area contributed by atoms with Gasteiger partial charge in [-0.2, -0.15) is 0 Å². The summed E-state index contributed by atoms with van der Waals surface area (Å²) < 4.78 is 9.65. The Morgan fingerprint density at radius 2 is 1.90 bits per heavy atom. The van der Waals surface area contributed by atoms with E-state index >= 15 is 0 Å². The molecule has 1 heterocycles. The molecule has 2 aromatic carbocycles. The van der Waals surface area contributed by atoms with Gasteiger partial charge in [0.05, 0.1) is 35.3 Å². The van der Waals surface area contributed by atoms with E-state index in [0.717, 1.165) is 11.8 Å². The Morgan fingerprint density at radius 3 is 2.50 bits per heavy atom. The standard InChI is InChI=1S/C20H17N3O6S/c1-22-18(24)17(11-12-4-9-16(28-2)15(10-12)23(26)27)30-20(22)21-14-7-5-13(6-8-14)19(25)29-3/h4-11H,1-3H3/b17-11+,21-20?. The number of esters is 1. The first-order chi connectivity index (χ1) is 14.3. The summed E-state index contributed by atoms with van der Waals surface area (Å²) >= 11 is 1.15. The minimum atomic E-state index is -0.540. The van der Waals surface area contributed by atoms with Crippen molar-refractivity contribution in [2.45, 2.75) is 0 Å². The molecule has 0 atom stereocenters. The molecule has 0 aromatic heterocycles. The van der Waals surface area contributed by atoms with Crippen LogP contribution < -0.4 is 4.74 Å². The lowest BCUT2D eigenvalue weighted by Gasteiger charge is -2.07. The molecule has 1 aliphatic rings. The maximum Gasteiger partial charge on any atom is 0.337 e. The van der Waals surface area contributed by atoms with Gasteiger partial charge in [-0.05, 0) is 53.7 Å². The fourth-order valence-electron chi connectivity index (χ4n) is 2.64. The van der Waals surface area contributed by atoms with E-state index in [9.17, 15) is 19.7 Å². The van der Waals surface area contributed by atoms with Gasteiger partial charge in [-0.3, -0.25) is 19.8 Å². The summed E-state index contributed by atoms with van der Waals surface area (Å²) in [5.41, 5.74) is 1.27. The van der Waals surface area contributed by atoms with Crippen LogP contribution in [0.15, 0.2) is 52.4 Å². The Bertz CT molecular complexity index is 1080. The Hall–Kier alpha value is -3.66. The Balaban J connectivity index is 1.87. The number of aliphatic imine (C=N–C) groups is 1. The number of carbonyl (C=O) groups is 2. The molecule has 10 heteroatoms. The van der Waals surface area contributed by atoms with Gasteiger partial charge in [0, 0.05) is 13.1 Å². The molecule has 2 aromatic rings. The van der Waals surface area contributed by atoms with Crippen molar-refractivity contribution in [3.8, 4) is 5.75 Å². The number of amidine groups is 1. The van der Waals surface area contributed by atoms with Crippen LogP contribution in [-0.2, 0) is 9.53 Å². The highest BCUT2D eigenvalue weighted by Gasteiger charge is 2.30. The second kappa shape index (κ2) is 8.78. The highest BCUT2D eigenvalue weighted by molar-refractivity contribution is 8.18. The number of hydrogen-bond donors (Lipinski definition) is 0. The number of nitro benzene ring substituents is 1. The van der Waals surface area contributed by atoms with Crippen molar-refractivity contribution in [3.63, 3.8) is 0 Å². The first-order valence-corrected chi connectivity index (χ1v) is 9.42. The van der Waals surface area contributed by atoms with Crippen LogP contribution in [0.5, 0.6) is 5.75 Å². The molecular weight excluding hydrogens is 410 g/mol. The van der Waals surface area contributed by atoms with E-state index in [0.29, 0.717) is 26.9 Å². The maximum absolute atomic E-state index is 12.6. The number of rotatable bonds is 5. The average Bonchev–Trinajstić information content (AvgIpc) is 3.01. The van der Waals surface area contributed by atoms with E-state index in [1.807, 2.05) is 0 Å². The quantitative estimate of drug-likeness (QED) is 0.310. The largest absolute Gasteiger partial charge is 0.490 e. The van der Waals surface area contributed by atoms with Crippen molar-refractivity contribution in [3.05, 3.63) is 68.6 Å². The molecule has 0 N–H and O–H groups in total. The molecule has 0 unspecified atom stereocenters. The van der Waals surface area contributed by atoms with Gasteiger partial charge in [0.1, 0.15) is 0 Å². The van der Waals surface area contributed by atoms with Gasteiger partial charge in [-0.1, -0.05) is 6.07 Å². The summed E-state index contributed by atoms with van der Waals surface area (Å²) in [7, 11) is 4.25. The highest BCUT2D eigenvalue weighted by atomic mass is 32.2. The van der Waals surface area contributed by atoms with Crippen LogP contribution >= 0.6 is 11.8 Å². The molecule has 0 bridgehead atoms. The third kappa shape index (κ3) is 4.33. The minimum Gasteiger partial charge on any atom is -0.490 e. The van der Waals surface area contributed by atoms with Crippen LogP contribution in [0.1, 0.15) is 15.9 Å². The van der Waals surface area contributed by atoms with Gasteiger partial charge >= 0.3 is 11.7 Å². The van der Waals surface area contributed by atoms with Crippen molar-refractivity contribution >= 4 is 46.3 Å². The zero-order valence-corrected chi connectivity index (χ0v) is 17.1. The predicted molar refractivity (Wildman–Crippen MR) is 113 cm³/mol. The lowest BCUT2D eigenvalue weighted by atomic mass is 10.1. The van der Waals surface area contributed by atoms with Gasteiger partial charge < -0.3 is 9.47 Å². The molecule has 9 nitrogen and oxygen atoms in total. The number of carbonyl (C=O) groups excluding carboxylic acids is 2. The Kier molecular flexibility index (Phi) is 6.17. The molecule has 1 aliphatic heterocycles. The molecular formula is C20H17N3O6S. The van der Waals surface area contributed by atoms with Crippen LogP contribution in [0.4, 0.5) is 11.4 Å². The normalized spacial score (nSPS) is 16.2. The highest BCUT2D eigenvalue weighted by Crippen LogP contribution is 2.35. The number of ether oxygens (including phenoxy) is 2. The monoisotopic (exact) mass is 427 g/mol. The number of likely N-dealkylation sites (N-methyl/N-ethyl adjacent to an activating group) is 1. The van der Waals surface area contributed by atoms with Crippen LogP contribution in [0.3, 0.4) is 0 Å². The van der Waals surface area contributed by atoms with E-state index in [1.165, 1.54) is 31.3 Å². The average molecular weight is 427 g/mol. The number of thioether (sulfide) groups is 1. The summed E-state index contributed by atoms with van der Waals surface area (Å²) in [6.45, 7) is 0. The topological polar surface area (TPSA) is 111 Å². The molecule has 0 spiro atoms. The van der Waals surface area contributed by atoms with Gasteiger partial charge in [-0.25, -0.2) is 9.79 Å². The second-order valence-corrected chi connectivity index (χ2v) is 7.11. The Labute approximate surface area is 176 Å². The predicted octanol–water partition coefficient (Wildman–Crippen LogP) is 3.62. The maximum atomic E-state index is 12.6. The minimum absolute atomic E-state index is 0.141. The second-order valence-electron chi connectivity index (χ2n) is 6.10. The first kappa shape index (κ1) is 21.1. The molecule has 3 rings (SSSR count). The Morgan fingerprint density at radius 1 is 1.20 bits per heavy atom. The lowest BCUT2D eigenvalue weighted by molar-refractivity contribution is -0.385. The third-order valence-electron chi connectivity index (χ3n) is 4.21. The number of amides is 1. The summed E-state index contributed by atoms with van der Waals surface area (Å²) in [5, 5.41) is 11.6. The summed E-state index contributed by atoms with van der Waals surface area (Å²) in [6.07, 6.45) is 1.57. The van der Waals surface area contributed by atoms with Crippen LogP contribution in [-0.4, -0.2) is 48.1 Å². The van der Waals surface area contributed by atoms with Crippen LogP contribution in [0, 0.1) is 10.1 Å². The number of nitro groups is 1. The molecule has 0 radical (unpaired) electrons. The van der Waals surface area contributed by atoms with Gasteiger partial charge in [0.15, 0.2) is 10.9 Å². The van der Waals surface area contributed by atoms with Gasteiger partial charge in [0.25, 0.3) is 5.91 Å². The summed E-state index contributed by atoms with van der Waals surface area (Å²) in [4.78, 5) is 41.0. The van der Waals surface area contributed by atoms with Crippen LogP contribution in [0.2, 0.25) is 0 Å². The number of hydrogen-bond acceptors (Lipinski definition) is 8. The molecule has 154 valence electrons. The molecule has 0 saturated carbocycles. The van der Waals surface area contributed by atoms with E-state index in [-0.39, 0.29) is 17.3 Å². The van der Waals surface area contributed by atoms with Crippen molar-refractivity contribution < 1.29 is 24.0 Å². The molecule has 30 heavy (non-hydrogen) atoms. The molecule has 0 aliphatic carbocycles. The fourth-order valence-corrected chi connectivity index (χ4v) is 3.63. The first-order valence-electron chi connectivity index (χ1n) is 8.61. The smallest absolute Gasteiger partial charge is 0.337 e. The number of nitrogens with zero attached hydrogens (tertiary/aromatic N) is 3. The molecule has 1 amide bonds. The zero-order valence-electron chi connectivity index (χ0n) is 16.3. The van der Waals surface area contributed by atoms with E-state index < -0.39 is 10.9 Å². The third-order valence-corrected chi connectivity index (χ3v) is 5.27. The summed E-state index contributed by atoms with van der Waals surface area (Å²) in [6, 6.07) is 10.9. The van der Waals surface area contributed by atoms with Crippen molar-refractivity contribution in [1.29, 1.82) is 0 Å². The lowest BCUT2D eigenvalue weighted by Crippen LogP contribution is -2.23.